The van der Waals surface area contributed by atoms with Gasteiger partial charge in [0.1, 0.15) is 12.4 Å². The summed E-state index contributed by atoms with van der Waals surface area (Å²) in [6.45, 7) is 4.34. The molecule has 4 aromatic rings. The second-order valence-corrected chi connectivity index (χ2v) is 10.2. The van der Waals surface area contributed by atoms with Crippen LogP contribution in [0.5, 0.6) is 5.75 Å². The molecule has 0 aliphatic rings. The fourth-order valence-electron chi connectivity index (χ4n) is 3.14. The summed E-state index contributed by atoms with van der Waals surface area (Å²) in [7, 11) is 1.85. The van der Waals surface area contributed by atoms with E-state index in [1.54, 1.807) is 18.2 Å². The minimum absolute atomic E-state index is 0.167. The summed E-state index contributed by atoms with van der Waals surface area (Å²) in [6, 6.07) is 11.2. The second-order valence-electron chi connectivity index (χ2n) is 7.51. The number of ether oxygens (including phenoxy) is 1. The van der Waals surface area contributed by atoms with Crippen LogP contribution in [0.2, 0.25) is 10.0 Å². The van der Waals surface area contributed by atoms with Crippen molar-refractivity contribution >= 4 is 57.3 Å². The molecule has 0 aliphatic heterocycles. The van der Waals surface area contributed by atoms with Gasteiger partial charge in [0.2, 0.25) is 5.91 Å². The topological polar surface area (TPSA) is 81.9 Å². The molecule has 0 radical (unpaired) electrons. The smallest absolute Gasteiger partial charge is 0.236 e. The minimum atomic E-state index is -0.191. The number of hydrogen-bond donors (Lipinski definition) is 1. The van der Waals surface area contributed by atoms with Gasteiger partial charge >= 0.3 is 0 Å². The van der Waals surface area contributed by atoms with Crippen LogP contribution in [0.15, 0.2) is 46.9 Å². The standard InChI is InChI=1S/C23H21Cl2N5O2S2/c1-13-4-7-19(14(2)8-13)32-10-20-28-29-23(30(20)3)34-12-21(31)27-22-26-18(11-33-22)16-6-5-15(24)9-17(16)25/h4-9,11H,10,12H2,1-3H3,(H,26,27,31). The highest BCUT2D eigenvalue weighted by Gasteiger charge is 2.14. The average Bonchev–Trinajstić information content (AvgIpc) is 3.38. The van der Waals surface area contributed by atoms with Gasteiger partial charge < -0.3 is 14.6 Å². The van der Waals surface area contributed by atoms with Crippen LogP contribution in [0.4, 0.5) is 5.13 Å². The maximum Gasteiger partial charge on any atom is 0.236 e. The summed E-state index contributed by atoms with van der Waals surface area (Å²) in [6.07, 6.45) is 0. The zero-order chi connectivity index (χ0) is 24.2. The van der Waals surface area contributed by atoms with Crippen molar-refractivity contribution in [3.8, 4) is 17.0 Å². The van der Waals surface area contributed by atoms with Gasteiger partial charge in [-0.15, -0.1) is 21.5 Å². The molecule has 1 N–H and O–H groups in total. The van der Waals surface area contributed by atoms with Crippen molar-refractivity contribution in [2.75, 3.05) is 11.1 Å². The van der Waals surface area contributed by atoms with E-state index in [2.05, 4.69) is 26.6 Å². The number of halogens is 2. The molecule has 0 aliphatic carbocycles. The lowest BCUT2D eigenvalue weighted by molar-refractivity contribution is -0.113. The van der Waals surface area contributed by atoms with E-state index in [-0.39, 0.29) is 18.3 Å². The molecule has 0 unspecified atom stereocenters. The Bertz CT molecular complexity index is 1340. The molecule has 0 saturated heterocycles. The van der Waals surface area contributed by atoms with E-state index >= 15 is 0 Å². The highest BCUT2D eigenvalue weighted by Crippen LogP contribution is 2.32. The molecule has 34 heavy (non-hydrogen) atoms. The molecule has 0 atom stereocenters. The Morgan fingerprint density at radius 2 is 2.00 bits per heavy atom. The van der Waals surface area contributed by atoms with Crippen LogP contribution in [0.25, 0.3) is 11.3 Å². The average molecular weight is 534 g/mol. The van der Waals surface area contributed by atoms with Crippen molar-refractivity contribution < 1.29 is 9.53 Å². The fourth-order valence-corrected chi connectivity index (χ4v) is 5.10. The van der Waals surface area contributed by atoms with Gasteiger partial charge in [-0.25, -0.2) is 4.98 Å². The molecule has 7 nitrogen and oxygen atoms in total. The van der Waals surface area contributed by atoms with Gasteiger partial charge in [0, 0.05) is 23.0 Å². The van der Waals surface area contributed by atoms with E-state index < -0.39 is 0 Å². The third-order valence-electron chi connectivity index (χ3n) is 4.90. The summed E-state index contributed by atoms with van der Waals surface area (Å²) in [5, 5.41) is 15.2. The molecule has 1 amide bonds. The predicted molar refractivity (Wildman–Crippen MR) is 138 cm³/mol. The number of nitrogens with one attached hydrogen (secondary N) is 1. The monoisotopic (exact) mass is 533 g/mol. The lowest BCUT2D eigenvalue weighted by Crippen LogP contribution is -2.14. The van der Waals surface area contributed by atoms with Crippen LogP contribution in [0, 0.1) is 13.8 Å². The van der Waals surface area contributed by atoms with E-state index in [0.717, 1.165) is 16.9 Å². The lowest BCUT2D eigenvalue weighted by Gasteiger charge is -2.09. The Morgan fingerprint density at radius 3 is 2.76 bits per heavy atom. The van der Waals surface area contributed by atoms with Crippen molar-refractivity contribution in [2.45, 2.75) is 25.6 Å². The summed E-state index contributed by atoms with van der Waals surface area (Å²) < 4.78 is 7.72. The Hall–Kier alpha value is -2.59. The molecule has 0 saturated carbocycles. The van der Waals surface area contributed by atoms with E-state index in [1.807, 2.05) is 43.0 Å². The number of carbonyl (C=O) groups excluding carboxylic acids is 1. The van der Waals surface area contributed by atoms with Crippen molar-refractivity contribution in [3.63, 3.8) is 0 Å². The van der Waals surface area contributed by atoms with Crippen molar-refractivity contribution in [1.29, 1.82) is 0 Å². The van der Waals surface area contributed by atoms with Crippen molar-refractivity contribution in [3.05, 3.63) is 68.8 Å². The van der Waals surface area contributed by atoms with Crippen LogP contribution in [0.3, 0.4) is 0 Å². The Balaban J connectivity index is 1.31. The number of hydrogen-bond acceptors (Lipinski definition) is 7. The van der Waals surface area contributed by atoms with E-state index in [0.29, 0.717) is 31.9 Å². The van der Waals surface area contributed by atoms with Crippen LogP contribution in [-0.2, 0) is 18.4 Å². The first kappa shape index (κ1) is 24.5. The number of nitrogens with zero attached hydrogens (tertiary/aromatic N) is 4. The zero-order valence-electron chi connectivity index (χ0n) is 18.6. The quantitative estimate of drug-likeness (QED) is 0.272. The van der Waals surface area contributed by atoms with Gasteiger partial charge in [0.15, 0.2) is 16.1 Å². The maximum absolute atomic E-state index is 12.4. The van der Waals surface area contributed by atoms with Crippen LogP contribution in [-0.4, -0.2) is 31.4 Å². The fraction of sp³-hybridized carbons (Fsp3) is 0.217. The number of carbonyl (C=O) groups is 1. The third kappa shape index (κ3) is 5.90. The number of thiazole rings is 1. The van der Waals surface area contributed by atoms with Crippen LogP contribution >= 0.6 is 46.3 Å². The van der Waals surface area contributed by atoms with Crippen LogP contribution in [0.1, 0.15) is 17.0 Å². The largest absolute Gasteiger partial charge is 0.485 e. The van der Waals surface area contributed by atoms with Gasteiger partial charge in [-0.1, -0.05) is 52.7 Å². The van der Waals surface area contributed by atoms with Crippen molar-refractivity contribution in [2.24, 2.45) is 7.05 Å². The minimum Gasteiger partial charge on any atom is -0.485 e. The highest BCUT2D eigenvalue weighted by atomic mass is 35.5. The molecular weight excluding hydrogens is 513 g/mol. The first-order valence-electron chi connectivity index (χ1n) is 10.2. The first-order chi connectivity index (χ1) is 16.3. The number of aromatic nitrogens is 4. The van der Waals surface area contributed by atoms with Gasteiger partial charge in [-0.05, 0) is 43.7 Å². The molecule has 11 heteroatoms. The SMILES string of the molecule is Cc1ccc(OCc2nnc(SCC(=O)Nc3nc(-c4ccc(Cl)cc4Cl)cs3)n2C)c(C)c1. The Labute approximate surface area is 215 Å². The number of aryl methyl sites for hydroxylation is 2. The number of rotatable bonds is 8. The molecule has 0 spiro atoms. The van der Waals surface area contributed by atoms with Gasteiger partial charge in [0.25, 0.3) is 0 Å². The number of thioether (sulfide) groups is 1. The van der Waals surface area contributed by atoms with Gasteiger partial charge in [0.05, 0.1) is 16.5 Å². The summed E-state index contributed by atoms with van der Waals surface area (Å²) in [5.74, 6) is 1.46. The molecule has 2 heterocycles. The third-order valence-corrected chi connectivity index (χ3v) is 7.23. The number of amides is 1. The van der Waals surface area contributed by atoms with Gasteiger partial charge in [-0.3, -0.25) is 4.79 Å². The normalized spacial score (nSPS) is 11.0. The Kier molecular flexibility index (Phi) is 7.77. The molecule has 2 aromatic heterocycles. The molecule has 4 rings (SSSR count). The Morgan fingerprint density at radius 1 is 1.18 bits per heavy atom. The molecule has 0 bridgehead atoms. The summed E-state index contributed by atoms with van der Waals surface area (Å²) >= 11 is 14.8. The van der Waals surface area contributed by atoms with E-state index in [4.69, 9.17) is 27.9 Å². The van der Waals surface area contributed by atoms with E-state index in [9.17, 15) is 4.79 Å². The predicted octanol–water partition coefficient (Wildman–Crippen LogP) is 6.17. The summed E-state index contributed by atoms with van der Waals surface area (Å²) in [5.41, 5.74) is 3.68. The second kappa shape index (κ2) is 10.8. The van der Waals surface area contributed by atoms with E-state index in [1.165, 1.54) is 28.7 Å². The lowest BCUT2D eigenvalue weighted by atomic mass is 10.1. The first-order valence-corrected chi connectivity index (χ1v) is 12.8. The number of anilines is 1. The molecular formula is C23H21Cl2N5O2S2. The van der Waals surface area contributed by atoms with Gasteiger partial charge in [-0.2, -0.15) is 0 Å². The van der Waals surface area contributed by atoms with Crippen molar-refractivity contribution in [1.82, 2.24) is 19.7 Å². The molecule has 2 aromatic carbocycles. The maximum atomic E-state index is 12.4. The molecule has 0 fully saturated rings. The molecule has 176 valence electrons. The number of benzene rings is 2. The highest BCUT2D eigenvalue weighted by molar-refractivity contribution is 7.99. The zero-order valence-corrected chi connectivity index (χ0v) is 21.8. The summed E-state index contributed by atoms with van der Waals surface area (Å²) in [4.78, 5) is 16.9. The van der Waals surface area contributed by atoms with Crippen LogP contribution < -0.4 is 10.1 Å².